The highest BCUT2D eigenvalue weighted by molar-refractivity contribution is 5.55. The van der Waals surface area contributed by atoms with Gasteiger partial charge in [0.05, 0.1) is 0 Å². The molecule has 0 aromatic heterocycles. The Hall–Kier alpha value is -2.06. The predicted octanol–water partition coefficient (Wildman–Crippen LogP) is 4.53. The molecule has 0 radical (unpaired) electrons. The van der Waals surface area contributed by atoms with Crippen molar-refractivity contribution in [2.24, 2.45) is 0 Å². The molecule has 1 unspecified atom stereocenters. The minimum Gasteiger partial charge on any atom is -0.370 e. The predicted molar refractivity (Wildman–Crippen MR) is 100 cm³/mol. The zero-order chi connectivity index (χ0) is 16.2. The normalized spacial score (nSPS) is 21.3. The topological polar surface area (TPSA) is 6.48 Å². The van der Waals surface area contributed by atoms with Crippen LogP contribution in [0.15, 0.2) is 60.8 Å². The van der Waals surface area contributed by atoms with Crippen LogP contribution in [0.25, 0.3) is 6.08 Å². The summed E-state index contributed by atoms with van der Waals surface area (Å²) in [6, 6.07) is 20.3. The molecule has 2 aliphatic heterocycles. The van der Waals surface area contributed by atoms with Gasteiger partial charge in [-0.05, 0) is 48.6 Å². The standard InChI is InChI=1S/C22H26N2/c1-2-7-19(8-3-1)17-23-14-6-11-22(13-15-23)24-16-12-20-9-4-5-10-21(20)18-24/h1-5,7-10,12,16,22H,6,11,13-15,17-18H2. The maximum absolute atomic E-state index is 2.62. The van der Waals surface area contributed by atoms with E-state index in [-0.39, 0.29) is 0 Å². The molecule has 2 aromatic rings. The number of fused-ring (bicyclic) bond motifs is 1. The average molecular weight is 318 g/mol. The number of hydrogen-bond acceptors (Lipinski definition) is 2. The van der Waals surface area contributed by atoms with E-state index in [2.05, 4.69) is 76.7 Å². The molecule has 2 aromatic carbocycles. The molecule has 2 aliphatic rings. The molecule has 4 rings (SSSR count). The molecule has 0 aliphatic carbocycles. The van der Waals surface area contributed by atoms with E-state index in [0.717, 1.165) is 13.1 Å². The Balaban J connectivity index is 1.37. The van der Waals surface area contributed by atoms with Crippen LogP contribution in [0.5, 0.6) is 0 Å². The van der Waals surface area contributed by atoms with Gasteiger partial charge in [-0.15, -0.1) is 0 Å². The van der Waals surface area contributed by atoms with Crippen molar-refractivity contribution in [1.82, 2.24) is 9.80 Å². The van der Waals surface area contributed by atoms with E-state index in [0.29, 0.717) is 6.04 Å². The van der Waals surface area contributed by atoms with E-state index in [1.807, 2.05) is 0 Å². The summed E-state index contributed by atoms with van der Waals surface area (Å²) in [5.74, 6) is 0. The highest BCUT2D eigenvalue weighted by Crippen LogP contribution is 2.25. The van der Waals surface area contributed by atoms with Gasteiger partial charge in [-0.2, -0.15) is 0 Å². The van der Waals surface area contributed by atoms with Gasteiger partial charge in [-0.3, -0.25) is 4.90 Å². The Morgan fingerprint density at radius 3 is 2.62 bits per heavy atom. The van der Waals surface area contributed by atoms with Gasteiger partial charge < -0.3 is 4.90 Å². The second-order valence-electron chi connectivity index (χ2n) is 7.03. The molecule has 1 fully saturated rings. The van der Waals surface area contributed by atoms with Crippen LogP contribution in [-0.2, 0) is 13.1 Å². The summed E-state index contributed by atoms with van der Waals surface area (Å²) in [4.78, 5) is 5.19. The first-order valence-electron chi connectivity index (χ1n) is 9.16. The zero-order valence-corrected chi connectivity index (χ0v) is 14.3. The van der Waals surface area contributed by atoms with E-state index in [1.54, 1.807) is 0 Å². The SMILES string of the molecule is C1=CN(C2CCCN(Cc3ccccc3)CC2)Cc2ccccc21. The van der Waals surface area contributed by atoms with Crippen LogP contribution in [0.3, 0.4) is 0 Å². The van der Waals surface area contributed by atoms with E-state index in [9.17, 15) is 0 Å². The largest absolute Gasteiger partial charge is 0.370 e. The Morgan fingerprint density at radius 2 is 1.71 bits per heavy atom. The van der Waals surface area contributed by atoms with E-state index < -0.39 is 0 Å². The summed E-state index contributed by atoms with van der Waals surface area (Å²) in [5, 5.41) is 0. The first-order chi connectivity index (χ1) is 11.9. The summed E-state index contributed by atoms with van der Waals surface area (Å²) in [6.07, 6.45) is 8.46. The molecule has 0 spiro atoms. The second-order valence-corrected chi connectivity index (χ2v) is 7.03. The van der Waals surface area contributed by atoms with Crippen LogP contribution in [0.2, 0.25) is 0 Å². The van der Waals surface area contributed by atoms with E-state index in [1.165, 1.54) is 49.0 Å². The monoisotopic (exact) mass is 318 g/mol. The van der Waals surface area contributed by atoms with Gasteiger partial charge in [0, 0.05) is 31.9 Å². The molecular formula is C22H26N2. The fraction of sp³-hybridized carbons (Fsp3) is 0.364. The zero-order valence-electron chi connectivity index (χ0n) is 14.3. The molecule has 2 heterocycles. The second kappa shape index (κ2) is 7.23. The summed E-state index contributed by atoms with van der Waals surface area (Å²) >= 11 is 0. The van der Waals surface area contributed by atoms with Crippen LogP contribution in [0.1, 0.15) is 36.0 Å². The van der Waals surface area contributed by atoms with Crippen LogP contribution in [0, 0.1) is 0 Å². The van der Waals surface area contributed by atoms with Crippen LogP contribution >= 0.6 is 0 Å². The average Bonchev–Trinajstić information content (AvgIpc) is 2.88. The molecular weight excluding hydrogens is 292 g/mol. The van der Waals surface area contributed by atoms with Crippen molar-refractivity contribution in [3.63, 3.8) is 0 Å². The van der Waals surface area contributed by atoms with E-state index >= 15 is 0 Å². The molecule has 1 saturated heterocycles. The molecule has 0 N–H and O–H groups in total. The number of benzene rings is 2. The van der Waals surface area contributed by atoms with Crippen LogP contribution < -0.4 is 0 Å². The molecule has 2 heteroatoms. The highest BCUT2D eigenvalue weighted by Gasteiger charge is 2.22. The number of likely N-dealkylation sites (tertiary alicyclic amines) is 1. The fourth-order valence-electron chi connectivity index (χ4n) is 3.99. The van der Waals surface area contributed by atoms with Gasteiger partial charge in [-0.1, -0.05) is 54.6 Å². The van der Waals surface area contributed by atoms with Gasteiger partial charge in [0.15, 0.2) is 0 Å². The lowest BCUT2D eigenvalue weighted by atomic mass is 10.0. The van der Waals surface area contributed by atoms with Crippen molar-refractivity contribution in [2.45, 2.75) is 38.4 Å². The maximum atomic E-state index is 2.62. The van der Waals surface area contributed by atoms with Gasteiger partial charge in [0.1, 0.15) is 0 Å². The molecule has 24 heavy (non-hydrogen) atoms. The molecule has 2 nitrogen and oxygen atoms in total. The summed E-state index contributed by atoms with van der Waals surface area (Å²) in [5.41, 5.74) is 4.28. The first-order valence-corrected chi connectivity index (χ1v) is 9.16. The quantitative estimate of drug-likeness (QED) is 0.820. The third kappa shape index (κ3) is 3.54. The lowest BCUT2D eigenvalue weighted by Gasteiger charge is -2.33. The number of nitrogens with zero attached hydrogens (tertiary/aromatic N) is 2. The van der Waals surface area contributed by atoms with Crippen molar-refractivity contribution in [3.05, 3.63) is 77.5 Å². The van der Waals surface area contributed by atoms with E-state index in [4.69, 9.17) is 0 Å². The van der Waals surface area contributed by atoms with Gasteiger partial charge in [0.2, 0.25) is 0 Å². The first kappa shape index (κ1) is 15.5. The molecule has 0 bridgehead atoms. The van der Waals surface area contributed by atoms with Crippen molar-refractivity contribution in [3.8, 4) is 0 Å². The van der Waals surface area contributed by atoms with Crippen molar-refractivity contribution in [1.29, 1.82) is 0 Å². The third-order valence-corrected chi connectivity index (χ3v) is 5.36. The van der Waals surface area contributed by atoms with Gasteiger partial charge >= 0.3 is 0 Å². The van der Waals surface area contributed by atoms with Crippen LogP contribution in [-0.4, -0.2) is 28.9 Å². The molecule has 1 atom stereocenters. The molecule has 0 amide bonds. The molecule has 0 saturated carbocycles. The van der Waals surface area contributed by atoms with Crippen molar-refractivity contribution >= 4 is 6.08 Å². The highest BCUT2D eigenvalue weighted by atomic mass is 15.2. The van der Waals surface area contributed by atoms with Crippen molar-refractivity contribution < 1.29 is 0 Å². The summed E-state index contributed by atoms with van der Waals surface area (Å²) in [7, 11) is 0. The third-order valence-electron chi connectivity index (χ3n) is 5.36. The van der Waals surface area contributed by atoms with Gasteiger partial charge in [-0.25, -0.2) is 0 Å². The lowest BCUT2D eigenvalue weighted by molar-refractivity contribution is 0.230. The summed E-state index contributed by atoms with van der Waals surface area (Å²) in [6.45, 7) is 4.58. The van der Waals surface area contributed by atoms with Crippen LogP contribution in [0.4, 0.5) is 0 Å². The smallest absolute Gasteiger partial charge is 0.0433 e. The number of rotatable bonds is 3. The minimum absolute atomic E-state index is 0.676. The summed E-state index contributed by atoms with van der Waals surface area (Å²) < 4.78 is 0. The minimum atomic E-state index is 0.676. The maximum Gasteiger partial charge on any atom is 0.0433 e. The van der Waals surface area contributed by atoms with Crippen molar-refractivity contribution in [2.75, 3.05) is 13.1 Å². The Labute approximate surface area is 145 Å². The lowest BCUT2D eigenvalue weighted by Crippen LogP contribution is -2.33. The Bertz CT molecular complexity index is 692. The molecule has 124 valence electrons. The fourth-order valence-corrected chi connectivity index (χ4v) is 3.99. The Kier molecular flexibility index (Phi) is 4.66. The van der Waals surface area contributed by atoms with Gasteiger partial charge in [0.25, 0.3) is 0 Å². The Morgan fingerprint density at radius 1 is 0.875 bits per heavy atom. The number of hydrogen-bond donors (Lipinski definition) is 0.